The van der Waals surface area contributed by atoms with Crippen molar-refractivity contribution in [2.45, 2.75) is 24.9 Å². The summed E-state index contributed by atoms with van der Waals surface area (Å²) in [5.41, 5.74) is 2.26. The number of carbonyl (C=O) groups excluding carboxylic acids is 1. The summed E-state index contributed by atoms with van der Waals surface area (Å²) in [6, 6.07) is 8.96. The second-order valence-electron chi connectivity index (χ2n) is 5.60. The van der Waals surface area contributed by atoms with Crippen molar-refractivity contribution in [3.8, 4) is 0 Å². The van der Waals surface area contributed by atoms with Gasteiger partial charge < -0.3 is 20.1 Å². The Morgan fingerprint density at radius 1 is 1.25 bits per heavy atom. The Hall–Kier alpha value is -2.16. The first-order valence-electron chi connectivity index (χ1n) is 7.49. The summed E-state index contributed by atoms with van der Waals surface area (Å²) < 4.78 is 5.43. The number of nitrogens with one attached hydrogen (secondary N) is 1. The normalized spacial score (nSPS) is 19.6. The number of rotatable bonds is 5. The number of carboxylic acid groups (broad SMARTS) is 1. The minimum atomic E-state index is -1.30. The number of fused-ring (bicyclic) bond motifs is 1. The molecule has 1 aromatic carbocycles. The van der Waals surface area contributed by atoms with Gasteiger partial charge in [-0.05, 0) is 33.5 Å². The molecule has 2 atom stereocenters. The molecule has 1 aromatic heterocycles. The molecule has 2 unspecified atom stereocenters. The molecule has 0 spiro atoms. The highest BCUT2D eigenvalue weighted by Gasteiger charge is 2.40. The van der Waals surface area contributed by atoms with Gasteiger partial charge in [0.15, 0.2) is 0 Å². The molecule has 0 aliphatic carbocycles. The van der Waals surface area contributed by atoms with E-state index in [9.17, 15) is 14.6 Å². The Bertz CT molecular complexity index is 736. The third-order valence-electron chi connectivity index (χ3n) is 3.89. The van der Waals surface area contributed by atoms with Crippen LogP contribution in [0, 0.1) is 0 Å². The van der Waals surface area contributed by atoms with Crippen LogP contribution >= 0.6 is 11.3 Å². The van der Waals surface area contributed by atoms with Gasteiger partial charge in [-0.1, -0.05) is 24.3 Å². The Labute approximate surface area is 143 Å². The van der Waals surface area contributed by atoms with Crippen molar-refractivity contribution in [1.82, 2.24) is 5.32 Å². The number of carbonyl (C=O) groups is 2. The molecule has 2 aromatic rings. The van der Waals surface area contributed by atoms with Crippen molar-refractivity contribution in [2.75, 3.05) is 0 Å². The maximum Gasteiger partial charge on any atom is 0.483 e. The van der Waals surface area contributed by atoms with Crippen molar-refractivity contribution >= 4 is 30.3 Å². The zero-order valence-electron chi connectivity index (χ0n) is 12.7. The summed E-state index contributed by atoms with van der Waals surface area (Å²) in [4.78, 5) is 23.2. The van der Waals surface area contributed by atoms with Crippen LogP contribution in [0.1, 0.15) is 35.2 Å². The number of amides is 1. The molecule has 3 rings (SSSR count). The number of hydrogen-bond donors (Lipinski definition) is 3. The van der Waals surface area contributed by atoms with E-state index in [1.54, 1.807) is 24.3 Å². The van der Waals surface area contributed by atoms with Gasteiger partial charge >= 0.3 is 13.1 Å². The maximum atomic E-state index is 12.2. The van der Waals surface area contributed by atoms with Crippen LogP contribution in [0.15, 0.2) is 41.1 Å². The Morgan fingerprint density at radius 2 is 2.00 bits per heavy atom. The summed E-state index contributed by atoms with van der Waals surface area (Å²) in [7, 11) is -1.30. The largest absolute Gasteiger partial charge is 0.483 e. The molecular weight excluding hydrogens is 329 g/mol. The molecule has 0 saturated heterocycles. The van der Waals surface area contributed by atoms with Gasteiger partial charge in [0.2, 0.25) is 5.91 Å². The van der Waals surface area contributed by atoms with Gasteiger partial charge in [-0.3, -0.25) is 9.59 Å². The summed E-state index contributed by atoms with van der Waals surface area (Å²) >= 11 is 1.51. The van der Waals surface area contributed by atoms with E-state index < -0.39 is 25.1 Å². The van der Waals surface area contributed by atoms with E-state index in [-0.39, 0.29) is 18.7 Å². The number of thiophene rings is 1. The molecular formula is C16H16BNO5S. The standard InChI is InChI=1S/C16H16BNO5S/c19-14(7-10-5-6-24-9-10)18-16-12-4-2-1-3-11(12)13(8-15(20)21)23-17(16)22/h1-6,9,13,16,22H,7-8H2,(H,18,19)(H,20,21). The molecule has 24 heavy (non-hydrogen) atoms. The van der Waals surface area contributed by atoms with E-state index in [4.69, 9.17) is 9.76 Å². The summed E-state index contributed by atoms with van der Waals surface area (Å²) in [6.07, 6.45) is -0.768. The van der Waals surface area contributed by atoms with Crippen LogP contribution in [0.3, 0.4) is 0 Å². The first-order valence-corrected chi connectivity index (χ1v) is 8.43. The summed E-state index contributed by atoms with van der Waals surface area (Å²) in [5, 5.41) is 25.8. The second kappa shape index (κ2) is 7.17. The van der Waals surface area contributed by atoms with E-state index in [1.165, 1.54) is 11.3 Å². The van der Waals surface area contributed by atoms with Crippen LogP contribution in [0.25, 0.3) is 0 Å². The quantitative estimate of drug-likeness (QED) is 0.717. The molecule has 6 nitrogen and oxygen atoms in total. The van der Waals surface area contributed by atoms with Gasteiger partial charge in [-0.15, -0.1) is 0 Å². The maximum absolute atomic E-state index is 12.2. The molecule has 0 saturated carbocycles. The Kier molecular flexibility index (Phi) is 4.98. The number of aliphatic carboxylic acids is 1. The first kappa shape index (κ1) is 16.7. The van der Waals surface area contributed by atoms with Gasteiger partial charge in [0, 0.05) is 0 Å². The SMILES string of the molecule is O=C(O)CC1OB(O)C(NC(=O)Cc2ccsc2)c2ccccc21. The van der Waals surface area contributed by atoms with Crippen LogP contribution in [0.4, 0.5) is 0 Å². The number of hydrogen-bond acceptors (Lipinski definition) is 5. The molecule has 0 fully saturated rings. The fraction of sp³-hybridized carbons (Fsp3) is 0.250. The second-order valence-corrected chi connectivity index (χ2v) is 6.38. The van der Waals surface area contributed by atoms with E-state index in [0.29, 0.717) is 11.1 Å². The van der Waals surface area contributed by atoms with Gasteiger partial charge in [0.05, 0.1) is 24.9 Å². The minimum Gasteiger partial charge on any atom is -0.481 e. The molecule has 3 N–H and O–H groups in total. The fourth-order valence-corrected chi connectivity index (χ4v) is 3.50. The average molecular weight is 345 g/mol. The predicted molar refractivity (Wildman–Crippen MR) is 89.4 cm³/mol. The van der Waals surface area contributed by atoms with Gasteiger partial charge in [-0.25, -0.2) is 0 Å². The molecule has 2 heterocycles. The Balaban J connectivity index is 1.79. The third kappa shape index (κ3) is 3.67. The van der Waals surface area contributed by atoms with Gasteiger partial charge in [0.25, 0.3) is 0 Å². The third-order valence-corrected chi connectivity index (χ3v) is 4.62. The van der Waals surface area contributed by atoms with Crippen molar-refractivity contribution in [3.63, 3.8) is 0 Å². The van der Waals surface area contributed by atoms with Gasteiger partial charge in [-0.2, -0.15) is 11.3 Å². The first-order chi connectivity index (χ1) is 11.5. The molecule has 1 aliphatic rings. The highest BCUT2D eigenvalue weighted by Crippen LogP contribution is 2.35. The van der Waals surface area contributed by atoms with Crippen LogP contribution in [-0.4, -0.2) is 29.1 Å². The lowest BCUT2D eigenvalue weighted by Gasteiger charge is -2.33. The van der Waals surface area contributed by atoms with Crippen molar-refractivity contribution in [1.29, 1.82) is 0 Å². The van der Waals surface area contributed by atoms with Crippen molar-refractivity contribution in [3.05, 3.63) is 57.8 Å². The zero-order chi connectivity index (χ0) is 17.1. The minimum absolute atomic E-state index is 0.216. The topological polar surface area (TPSA) is 95.9 Å². The van der Waals surface area contributed by atoms with E-state index in [2.05, 4.69) is 5.32 Å². The molecule has 8 heteroatoms. The monoisotopic (exact) mass is 345 g/mol. The molecule has 1 aliphatic heterocycles. The number of carboxylic acids is 1. The predicted octanol–water partition coefficient (Wildman–Crippen LogP) is 1.71. The van der Waals surface area contributed by atoms with Crippen molar-refractivity contribution in [2.24, 2.45) is 0 Å². The van der Waals surface area contributed by atoms with E-state index in [0.717, 1.165) is 5.56 Å². The van der Waals surface area contributed by atoms with Crippen LogP contribution in [-0.2, 0) is 20.7 Å². The summed E-state index contributed by atoms with van der Waals surface area (Å²) in [6.45, 7) is 0. The molecule has 0 bridgehead atoms. The number of benzene rings is 1. The lowest BCUT2D eigenvalue weighted by Crippen LogP contribution is -2.45. The van der Waals surface area contributed by atoms with Crippen LogP contribution in [0.5, 0.6) is 0 Å². The smallest absolute Gasteiger partial charge is 0.481 e. The van der Waals surface area contributed by atoms with E-state index in [1.807, 2.05) is 16.8 Å². The Morgan fingerprint density at radius 3 is 2.67 bits per heavy atom. The van der Waals surface area contributed by atoms with Crippen LogP contribution < -0.4 is 5.32 Å². The van der Waals surface area contributed by atoms with E-state index >= 15 is 0 Å². The molecule has 0 radical (unpaired) electrons. The van der Waals surface area contributed by atoms with Crippen LogP contribution in [0.2, 0.25) is 0 Å². The highest BCUT2D eigenvalue weighted by molar-refractivity contribution is 7.08. The fourth-order valence-electron chi connectivity index (χ4n) is 2.83. The molecule has 124 valence electrons. The lowest BCUT2D eigenvalue weighted by atomic mass is 9.69. The highest BCUT2D eigenvalue weighted by atomic mass is 32.1. The zero-order valence-corrected chi connectivity index (χ0v) is 13.5. The van der Waals surface area contributed by atoms with Crippen molar-refractivity contribution < 1.29 is 24.4 Å². The molecule has 1 amide bonds. The lowest BCUT2D eigenvalue weighted by molar-refractivity contribution is -0.139. The average Bonchev–Trinajstić information content (AvgIpc) is 3.03. The van der Waals surface area contributed by atoms with Gasteiger partial charge in [0.1, 0.15) is 0 Å². The summed E-state index contributed by atoms with van der Waals surface area (Å²) in [5.74, 6) is -1.97.